The van der Waals surface area contributed by atoms with Gasteiger partial charge in [-0.15, -0.1) is 24.0 Å². The van der Waals surface area contributed by atoms with E-state index in [1.807, 2.05) is 30.1 Å². The largest absolute Gasteiger partial charge is 0.356 e. The van der Waals surface area contributed by atoms with E-state index in [1.165, 1.54) is 16.7 Å². The number of hydrogen-bond acceptors (Lipinski definition) is 3. The highest BCUT2D eigenvalue weighted by Gasteiger charge is 2.09. The van der Waals surface area contributed by atoms with Gasteiger partial charge in [0.1, 0.15) is 0 Å². The zero-order valence-electron chi connectivity index (χ0n) is 17.4. The summed E-state index contributed by atoms with van der Waals surface area (Å²) < 4.78 is 1.99. The van der Waals surface area contributed by atoms with Gasteiger partial charge in [0, 0.05) is 38.2 Å². The van der Waals surface area contributed by atoms with Crippen LogP contribution in [-0.2, 0) is 13.0 Å². The van der Waals surface area contributed by atoms with Crippen LogP contribution in [0.25, 0.3) is 5.69 Å². The first-order valence-corrected chi connectivity index (χ1v) is 9.54. The van der Waals surface area contributed by atoms with E-state index < -0.39 is 0 Å². The van der Waals surface area contributed by atoms with Crippen molar-refractivity contribution in [3.63, 3.8) is 0 Å². The normalized spacial score (nSPS) is 11.1. The number of aliphatic imine (C=N–C) groups is 1. The molecular weight excluding hydrogens is 475 g/mol. The number of pyridine rings is 1. The predicted molar refractivity (Wildman–Crippen MR) is 129 cm³/mol. The minimum absolute atomic E-state index is 0. The highest BCUT2D eigenvalue weighted by atomic mass is 127. The quantitative estimate of drug-likeness (QED) is 0.305. The van der Waals surface area contributed by atoms with Crippen molar-refractivity contribution in [2.24, 2.45) is 4.99 Å². The first-order valence-electron chi connectivity index (χ1n) is 9.54. The Morgan fingerprint density at radius 2 is 1.86 bits per heavy atom. The monoisotopic (exact) mass is 504 g/mol. The number of nitrogens with one attached hydrogen (secondary N) is 2. The van der Waals surface area contributed by atoms with E-state index in [4.69, 9.17) is 0 Å². The molecule has 0 bridgehead atoms. The van der Waals surface area contributed by atoms with Crippen molar-refractivity contribution in [2.75, 3.05) is 13.6 Å². The average Bonchev–Trinajstić information content (AvgIpc) is 3.04. The molecule has 0 aliphatic rings. The number of aromatic nitrogens is 3. The Balaban J connectivity index is 0.00000300. The van der Waals surface area contributed by atoms with Gasteiger partial charge >= 0.3 is 0 Å². The number of benzene rings is 1. The van der Waals surface area contributed by atoms with Crippen molar-refractivity contribution in [3.05, 3.63) is 76.9 Å². The highest BCUT2D eigenvalue weighted by molar-refractivity contribution is 14.0. The molecule has 0 aliphatic heterocycles. The molecule has 0 fully saturated rings. The lowest BCUT2D eigenvalue weighted by molar-refractivity contribution is 0.774. The highest BCUT2D eigenvalue weighted by Crippen LogP contribution is 2.16. The van der Waals surface area contributed by atoms with Gasteiger partial charge in [-0.3, -0.25) is 9.98 Å². The molecule has 0 atom stereocenters. The molecule has 0 saturated carbocycles. The van der Waals surface area contributed by atoms with Crippen LogP contribution in [-0.4, -0.2) is 34.3 Å². The number of aryl methyl sites for hydroxylation is 3. The number of halogens is 1. The summed E-state index contributed by atoms with van der Waals surface area (Å²) in [5.41, 5.74) is 6.91. The maximum Gasteiger partial charge on any atom is 0.191 e. The standard InChI is InChI=1S/C22H28N6.HI/c1-16-14-24-11-9-19(16)10-12-25-22(23-4)26-15-20-7-5-6-8-21(20)28-18(3)13-17(2)27-28;/h5-9,11,13-14H,10,12,15H2,1-4H3,(H2,23,25,26);1H. The summed E-state index contributed by atoms with van der Waals surface area (Å²) in [6.07, 6.45) is 4.67. The lowest BCUT2D eigenvalue weighted by Gasteiger charge is -2.15. The number of guanidine groups is 1. The Bertz CT molecular complexity index is 963. The summed E-state index contributed by atoms with van der Waals surface area (Å²) in [5.74, 6) is 0.787. The Labute approximate surface area is 189 Å². The van der Waals surface area contributed by atoms with Crippen LogP contribution in [0.4, 0.5) is 0 Å². The predicted octanol–water partition coefficient (Wildman–Crippen LogP) is 3.72. The maximum absolute atomic E-state index is 4.62. The third kappa shape index (κ3) is 6.03. The van der Waals surface area contributed by atoms with Gasteiger partial charge in [-0.05, 0) is 62.1 Å². The zero-order chi connectivity index (χ0) is 19.9. The minimum atomic E-state index is 0. The van der Waals surface area contributed by atoms with Gasteiger partial charge in [0.25, 0.3) is 0 Å². The van der Waals surface area contributed by atoms with E-state index in [-0.39, 0.29) is 24.0 Å². The molecule has 1 aromatic carbocycles. The van der Waals surface area contributed by atoms with Crippen molar-refractivity contribution < 1.29 is 0 Å². The van der Waals surface area contributed by atoms with Gasteiger partial charge in [0.2, 0.25) is 0 Å². The lowest BCUT2D eigenvalue weighted by atomic mass is 10.1. The molecule has 0 spiro atoms. The van der Waals surface area contributed by atoms with E-state index in [2.05, 4.69) is 69.9 Å². The molecule has 3 rings (SSSR count). The van der Waals surface area contributed by atoms with Crippen LogP contribution in [0.3, 0.4) is 0 Å². The molecule has 154 valence electrons. The van der Waals surface area contributed by atoms with Gasteiger partial charge in [0.05, 0.1) is 11.4 Å². The van der Waals surface area contributed by atoms with Gasteiger partial charge in [0.15, 0.2) is 5.96 Å². The molecule has 29 heavy (non-hydrogen) atoms. The van der Waals surface area contributed by atoms with E-state index >= 15 is 0 Å². The summed E-state index contributed by atoms with van der Waals surface area (Å²) in [5, 5.41) is 11.4. The molecular formula is C22H29IN6. The van der Waals surface area contributed by atoms with Gasteiger partial charge in [-0.25, -0.2) is 4.68 Å². The van der Waals surface area contributed by atoms with Crippen LogP contribution in [0.15, 0.2) is 53.8 Å². The Morgan fingerprint density at radius 3 is 2.55 bits per heavy atom. The third-order valence-corrected chi connectivity index (χ3v) is 4.72. The average molecular weight is 504 g/mol. The molecule has 0 aliphatic carbocycles. The first kappa shape index (κ1) is 22.9. The van der Waals surface area contributed by atoms with Crippen molar-refractivity contribution in [2.45, 2.75) is 33.7 Å². The second kappa shape index (κ2) is 10.9. The Kier molecular flexibility index (Phi) is 8.63. The Hall–Kier alpha value is -2.42. The van der Waals surface area contributed by atoms with Crippen molar-refractivity contribution in [3.8, 4) is 5.69 Å². The topological polar surface area (TPSA) is 67.1 Å². The molecule has 0 radical (unpaired) electrons. The summed E-state index contributed by atoms with van der Waals surface area (Å²) >= 11 is 0. The molecule has 0 saturated heterocycles. The van der Waals surface area contributed by atoms with Gasteiger partial charge in [-0.2, -0.15) is 5.10 Å². The van der Waals surface area contributed by atoms with Crippen LogP contribution in [0.2, 0.25) is 0 Å². The summed E-state index contributed by atoms with van der Waals surface area (Å²) in [6.45, 7) is 7.66. The summed E-state index contributed by atoms with van der Waals surface area (Å²) in [4.78, 5) is 8.49. The van der Waals surface area contributed by atoms with Crippen molar-refractivity contribution >= 4 is 29.9 Å². The number of hydrogen-bond donors (Lipinski definition) is 2. The number of rotatable bonds is 6. The van der Waals surface area contributed by atoms with Crippen LogP contribution < -0.4 is 10.6 Å². The summed E-state index contributed by atoms with van der Waals surface area (Å²) in [6, 6.07) is 12.5. The molecule has 2 heterocycles. The van der Waals surface area contributed by atoms with Crippen LogP contribution >= 0.6 is 24.0 Å². The lowest BCUT2D eigenvalue weighted by Crippen LogP contribution is -2.38. The smallest absolute Gasteiger partial charge is 0.191 e. The Morgan fingerprint density at radius 1 is 1.07 bits per heavy atom. The molecule has 2 aromatic heterocycles. The van der Waals surface area contributed by atoms with Crippen LogP contribution in [0.5, 0.6) is 0 Å². The third-order valence-electron chi connectivity index (χ3n) is 4.72. The van der Waals surface area contributed by atoms with Crippen molar-refractivity contribution in [1.29, 1.82) is 0 Å². The molecule has 7 heteroatoms. The van der Waals surface area contributed by atoms with Gasteiger partial charge in [-0.1, -0.05) is 18.2 Å². The molecule has 3 aromatic rings. The van der Waals surface area contributed by atoms with Crippen LogP contribution in [0.1, 0.15) is 28.1 Å². The fourth-order valence-corrected chi connectivity index (χ4v) is 3.24. The second-order valence-corrected chi connectivity index (χ2v) is 6.87. The number of para-hydroxylation sites is 1. The van der Waals surface area contributed by atoms with E-state index in [9.17, 15) is 0 Å². The SMILES string of the molecule is CN=C(NCCc1ccncc1C)NCc1ccccc1-n1nc(C)cc1C.I. The van der Waals surface area contributed by atoms with E-state index in [0.717, 1.165) is 36.0 Å². The second-order valence-electron chi connectivity index (χ2n) is 6.87. The molecule has 2 N–H and O–H groups in total. The summed E-state index contributed by atoms with van der Waals surface area (Å²) in [7, 11) is 1.79. The van der Waals surface area contributed by atoms with Gasteiger partial charge < -0.3 is 10.6 Å². The minimum Gasteiger partial charge on any atom is -0.356 e. The first-order chi connectivity index (χ1) is 13.6. The van der Waals surface area contributed by atoms with E-state index in [1.54, 1.807) is 7.05 Å². The fraction of sp³-hybridized carbons (Fsp3) is 0.318. The fourth-order valence-electron chi connectivity index (χ4n) is 3.24. The maximum atomic E-state index is 4.62. The van der Waals surface area contributed by atoms with Crippen molar-refractivity contribution in [1.82, 2.24) is 25.4 Å². The molecule has 6 nitrogen and oxygen atoms in total. The van der Waals surface area contributed by atoms with Crippen LogP contribution in [0, 0.1) is 20.8 Å². The molecule has 0 amide bonds. The van der Waals surface area contributed by atoms with E-state index in [0.29, 0.717) is 6.54 Å². The number of nitrogens with zero attached hydrogens (tertiary/aromatic N) is 4. The molecule has 0 unspecified atom stereocenters. The zero-order valence-corrected chi connectivity index (χ0v) is 19.8.